The van der Waals surface area contributed by atoms with Gasteiger partial charge in [-0.05, 0) is 54.2 Å². The first-order valence-corrected chi connectivity index (χ1v) is 21.2. The molecule has 3 aromatic carbocycles. The number of nitrogens with zero attached hydrogens (tertiary/aromatic N) is 4. The topological polar surface area (TPSA) is 150 Å². The molecule has 0 saturated heterocycles. The van der Waals surface area contributed by atoms with Gasteiger partial charge >= 0.3 is 23.3 Å². The average molecular weight is 851 g/mol. The SMILES string of the molecule is CCC(C)Cn1c(=O)c2cc(C(=O)OCc3ccccc3)sc2n(C)c1=O.Cn1c(=O)n(CCCCOc2ccccc2)c(=O)c2cc(C(=O)OCc3ccccc3)sc21. The first-order valence-electron chi connectivity index (χ1n) is 19.5. The highest BCUT2D eigenvalue weighted by Gasteiger charge is 2.21. The molecule has 0 radical (unpaired) electrons. The number of carbonyl (C=O) groups is 2. The fourth-order valence-electron chi connectivity index (χ4n) is 6.24. The van der Waals surface area contributed by atoms with Crippen molar-refractivity contribution in [1.29, 1.82) is 0 Å². The molecule has 0 aliphatic heterocycles. The lowest BCUT2D eigenvalue weighted by Crippen LogP contribution is -2.39. The predicted octanol–water partition coefficient (Wildman–Crippen LogP) is 7.14. The summed E-state index contributed by atoms with van der Waals surface area (Å²) < 4.78 is 21.7. The van der Waals surface area contributed by atoms with Crippen LogP contribution in [0.5, 0.6) is 5.75 Å². The lowest BCUT2D eigenvalue weighted by atomic mass is 10.1. The highest BCUT2D eigenvalue weighted by Crippen LogP contribution is 2.24. The monoisotopic (exact) mass is 850 g/mol. The van der Waals surface area contributed by atoms with Crippen molar-refractivity contribution in [2.75, 3.05) is 6.61 Å². The fourth-order valence-corrected chi connectivity index (χ4v) is 8.23. The number of ether oxygens (including phenoxy) is 3. The number of rotatable bonds is 15. The van der Waals surface area contributed by atoms with E-state index in [4.69, 9.17) is 14.2 Å². The highest BCUT2D eigenvalue weighted by molar-refractivity contribution is 7.20. The van der Waals surface area contributed by atoms with Crippen LogP contribution in [0.1, 0.15) is 63.6 Å². The Kier molecular flexibility index (Phi) is 14.5. The number of fused-ring (bicyclic) bond motifs is 2. The molecule has 13 nitrogen and oxygen atoms in total. The summed E-state index contributed by atoms with van der Waals surface area (Å²) >= 11 is 2.19. The van der Waals surface area contributed by atoms with Crippen molar-refractivity contribution >= 4 is 55.0 Å². The quantitative estimate of drug-likeness (QED) is 0.0775. The number of benzene rings is 3. The first kappa shape index (κ1) is 43.3. The number of esters is 2. The van der Waals surface area contributed by atoms with Crippen molar-refractivity contribution in [2.24, 2.45) is 20.0 Å². The lowest BCUT2D eigenvalue weighted by molar-refractivity contribution is 0.0470. The van der Waals surface area contributed by atoms with Gasteiger partial charge in [0.25, 0.3) is 11.1 Å². The summed E-state index contributed by atoms with van der Waals surface area (Å²) in [6.45, 7) is 5.45. The van der Waals surface area contributed by atoms with E-state index in [0.717, 1.165) is 46.0 Å². The Morgan fingerprint density at radius 2 is 1.08 bits per heavy atom. The molecular weight excluding hydrogens is 805 g/mol. The molecule has 0 bridgehead atoms. The lowest BCUT2D eigenvalue weighted by Gasteiger charge is -2.12. The van der Waals surface area contributed by atoms with Gasteiger partial charge < -0.3 is 14.2 Å². The Bertz CT molecular complexity index is 2820. The Balaban J connectivity index is 0.000000205. The van der Waals surface area contributed by atoms with Crippen LogP contribution in [-0.2, 0) is 49.9 Å². The molecule has 15 heteroatoms. The zero-order chi connectivity index (χ0) is 42.8. The molecule has 0 fully saturated rings. The van der Waals surface area contributed by atoms with Gasteiger partial charge in [0.2, 0.25) is 0 Å². The molecule has 4 heterocycles. The number of hydrogen-bond acceptors (Lipinski definition) is 11. The summed E-state index contributed by atoms with van der Waals surface area (Å²) in [7, 11) is 3.22. The smallest absolute Gasteiger partial charge is 0.348 e. The third-order valence-corrected chi connectivity index (χ3v) is 12.2. The molecule has 0 saturated carbocycles. The number of aryl methyl sites for hydroxylation is 2. The standard InChI is InChI=1S/C25H24N2O5S.C20H22N2O4S/c1-26-23-20(16-21(33-23)24(29)32-17-18-10-4-2-5-11-18)22(28)27(25(26)30)14-8-9-15-31-19-12-6-3-7-13-19;1-4-13(2)11-22-17(23)15-10-16(27-18(15)21(3)20(22)25)19(24)26-12-14-8-6-5-7-9-14/h2-7,10-13,16H,8-9,14-15,17H2,1H3;5-10,13H,4,11-12H2,1-3H3. The van der Waals surface area contributed by atoms with Gasteiger partial charge in [0, 0.05) is 27.2 Å². The summed E-state index contributed by atoms with van der Waals surface area (Å²) in [6, 6.07) is 31.3. The number of unbranched alkanes of at least 4 members (excludes halogenated alkanes) is 1. The third-order valence-electron chi connectivity index (χ3n) is 9.83. The summed E-state index contributed by atoms with van der Waals surface area (Å²) in [5, 5.41) is 0.714. The van der Waals surface area contributed by atoms with Crippen molar-refractivity contribution < 1.29 is 23.8 Å². The Morgan fingerprint density at radius 3 is 1.57 bits per heavy atom. The van der Waals surface area contributed by atoms with E-state index >= 15 is 0 Å². The maximum absolute atomic E-state index is 13.0. The molecule has 0 N–H and O–H groups in total. The minimum absolute atomic E-state index is 0.141. The minimum atomic E-state index is -0.517. The van der Waals surface area contributed by atoms with E-state index in [1.165, 1.54) is 30.4 Å². The van der Waals surface area contributed by atoms with E-state index in [1.54, 1.807) is 14.1 Å². The molecule has 1 unspecified atom stereocenters. The fraction of sp³-hybridized carbons (Fsp3) is 0.289. The Hall–Kier alpha value is -6.32. The number of hydrogen-bond donors (Lipinski definition) is 0. The molecule has 1 atom stereocenters. The summed E-state index contributed by atoms with van der Waals surface area (Å²) in [6.07, 6.45) is 2.18. The number of thiophene rings is 2. The van der Waals surface area contributed by atoms with Gasteiger partial charge in [0.05, 0.1) is 17.4 Å². The van der Waals surface area contributed by atoms with Crippen LogP contribution in [0.4, 0.5) is 0 Å². The van der Waals surface area contributed by atoms with Gasteiger partial charge in [-0.1, -0.05) is 99.1 Å². The van der Waals surface area contributed by atoms with Crippen LogP contribution >= 0.6 is 22.7 Å². The zero-order valence-corrected chi connectivity index (χ0v) is 35.5. The van der Waals surface area contributed by atoms with Crippen molar-refractivity contribution in [3.8, 4) is 5.75 Å². The second-order valence-corrected chi connectivity index (χ2v) is 16.3. The van der Waals surface area contributed by atoms with Gasteiger partial charge in [-0.15, -0.1) is 22.7 Å². The predicted molar refractivity (Wildman–Crippen MR) is 234 cm³/mol. The maximum Gasteiger partial charge on any atom is 0.348 e. The van der Waals surface area contributed by atoms with Gasteiger partial charge in [-0.25, -0.2) is 19.2 Å². The summed E-state index contributed by atoms with van der Waals surface area (Å²) in [5.41, 5.74) is 0.247. The van der Waals surface area contributed by atoms with Gasteiger partial charge in [0.1, 0.15) is 38.4 Å². The Labute approximate surface area is 353 Å². The number of aromatic nitrogens is 4. The second-order valence-electron chi connectivity index (χ2n) is 14.2. The largest absolute Gasteiger partial charge is 0.494 e. The van der Waals surface area contributed by atoms with E-state index in [-0.39, 0.29) is 36.9 Å². The normalized spacial score (nSPS) is 11.5. The molecule has 0 spiro atoms. The minimum Gasteiger partial charge on any atom is -0.494 e. The Morgan fingerprint density at radius 1 is 0.633 bits per heavy atom. The average Bonchev–Trinajstić information content (AvgIpc) is 3.94. The molecule has 0 aliphatic rings. The van der Waals surface area contributed by atoms with Crippen molar-refractivity contribution in [1.82, 2.24) is 18.3 Å². The zero-order valence-electron chi connectivity index (χ0n) is 33.8. The molecular formula is C45H46N4O9S2. The van der Waals surface area contributed by atoms with Crippen molar-refractivity contribution in [2.45, 2.75) is 59.4 Å². The molecule has 0 aliphatic carbocycles. The van der Waals surface area contributed by atoms with Crippen LogP contribution in [0.3, 0.4) is 0 Å². The highest BCUT2D eigenvalue weighted by atomic mass is 32.1. The van der Waals surface area contributed by atoms with Crippen LogP contribution in [0, 0.1) is 5.92 Å². The summed E-state index contributed by atoms with van der Waals surface area (Å²) in [5.74, 6) is -0.0179. The second kappa shape index (κ2) is 20.1. The molecule has 312 valence electrons. The van der Waals surface area contributed by atoms with E-state index in [0.29, 0.717) is 56.2 Å². The van der Waals surface area contributed by atoms with Gasteiger partial charge in [-0.3, -0.25) is 27.9 Å². The van der Waals surface area contributed by atoms with Crippen LogP contribution < -0.4 is 27.2 Å². The maximum atomic E-state index is 13.0. The van der Waals surface area contributed by atoms with Crippen LogP contribution in [0.25, 0.3) is 20.4 Å². The van der Waals surface area contributed by atoms with E-state index in [9.17, 15) is 28.8 Å². The van der Waals surface area contributed by atoms with Crippen LogP contribution in [-0.4, -0.2) is 36.8 Å². The molecule has 60 heavy (non-hydrogen) atoms. The molecule has 0 amide bonds. The van der Waals surface area contributed by atoms with Crippen LogP contribution in [0.15, 0.2) is 122 Å². The third kappa shape index (κ3) is 10.3. The van der Waals surface area contributed by atoms with E-state index < -0.39 is 23.2 Å². The molecule has 7 rings (SSSR count). The molecule has 7 aromatic rings. The van der Waals surface area contributed by atoms with Gasteiger partial charge in [0.15, 0.2) is 0 Å². The number of carbonyl (C=O) groups excluding carboxylic acids is 2. The van der Waals surface area contributed by atoms with Crippen molar-refractivity contribution in [3.05, 3.63) is 166 Å². The number of para-hydroxylation sites is 1. The van der Waals surface area contributed by atoms with Gasteiger partial charge in [-0.2, -0.15) is 0 Å². The van der Waals surface area contributed by atoms with E-state index in [2.05, 4.69) is 0 Å². The first-order chi connectivity index (χ1) is 29.0. The van der Waals surface area contributed by atoms with Crippen molar-refractivity contribution in [3.63, 3.8) is 0 Å². The summed E-state index contributed by atoms with van der Waals surface area (Å²) in [4.78, 5) is 77.5. The van der Waals surface area contributed by atoms with E-state index in [1.807, 2.05) is 105 Å². The van der Waals surface area contributed by atoms with Crippen LogP contribution in [0.2, 0.25) is 0 Å². The molecule has 4 aromatic heterocycles.